The largest absolute Gasteiger partial charge is 0.469 e. The van der Waals surface area contributed by atoms with Crippen molar-refractivity contribution in [1.82, 2.24) is 0 Å². The summed E-state index contributed by atoms with van der Waals surface area (Å²) in [5.41, 5.74) is 0.578. The van der Waals surface area contributed by atoms with E-state index in [4.69, 9.17) is 13.6 Å². The quantitative estimate of drug-likeness (QED) is 0.225. The maximum atomic E-state index is 12.0. The third-order valence-corrected chi connectivity index (χ3v) is 13.4. The van der Waals surface area contributed by atoms with Crippen molar-refractivity contribution in [2.75, 3.05) is 7.11 Å². The Morgan fingerprint density at radius 3 is 2.22 bits per heavy atom. The number of ether oxygens (including phenoxy) is 1. The van der Waals surface area contributed by atoms with Crippen LogP contribution in [-0.4, -0.2) is 41.9 Å². The van der Waals surface area contributed by atoms with Gasteiger partial charge in [-0.3, -0.25) is 4.79 Å². The van der Waals surface area contributed by atoms with Gasteiger partial charge in [0.25, 0.3) is 0 Å². The lowest BCUT2D eigenvalue weighted by Gasteiger charge is -2.65. The maximum Gasteiger partial charge on any atom is 0.305 e. The average molecular weight is 551 g/mol. The number of fused-ring (bicyclic) bond motifs is 5. The first-order valence-corrected chi connectivity index (χ1v) is 22.3. The molecule has 4 aliphatic carbocycles. The second-order valence-electron chi connectivity index (χ2n) is 15.8. The third-order valence-electron chi connectivity index (χ3n) is 11.4. The molecule has 0 spiro atoms. The van der Waals surface area contributed by atoms with Gasteiger partial charge in [-0.15, -0.1) is 0 Å². The van der Waals surface area contributed by atoms with Gasteiger partial charge in [0.1, 0.15) is 0 Å². The standard InChI is InChI=1S/C31H58O4Si2/c1-21(14-17-28(32)33-4)23-15-16-24-29-25(20-27(31(23,24)3)35-37(8,9)10)30(2)18-12-11-13-22(30)19-26(29)34-36(5,6)7/h21-27,29H,11-20H2,1-10H3/t21-,22-,23-,24+,25+,26-,27+,29+,30+,31-/m1/s1. The van der Waals surface area contributed by atoms with E-state index in [1.165, 1.54) is 58.5 Å². The van der Waals surface area contributed by atoms with Crippen molar-refractivity contribution in [3.8, 4) is 0 Å². The zero-order valence-corrected chi connectivity index (χ0v) is 27.8. The summed E-state index contributed by atoms with van der Waals surface area (Å²) in [6.07, 6.45) is 12.8. The van der Waals surface area contributed by atoms with Crippen LogP contribution in [0.1, 0.15) is 85.0 Å². The van der Waals surface area contributed by atoms with Crippen LogP contribution in [0.25, 0.3) is 0 Å². The highest BCUT2D eigenvalue weighted by atomic mass is 28.4. The van der Waals surface area contributed by atoms with Gasteiger partial charge in [-0.05, 0) is 131 Å². The lowest BCUT2D eigenvalue weighted by Crippen LogP contribution is -2.64. The van der Waals surface area contributed by atoms with Gasteiger partial charge in [-0.1, -0.05) is 33.6 Å². The predicted octanol–water partition coefficient (Wildman–Crippen LogP) is 8.28. The second kappa shape index (κ2) is 10.7. The summed E-state index contributed by atoms with van der Waals surface area (Å²) in [4.78, 5) is 12.0. The van der Waals surface area contributed by atoms with Crippen LogP contribution in [0.15, 0.2) is 0 Å². The van der Waals surface area contributed by atoms with Crippen molar-refractivity contribution in [2.45, 2.75) is 136 Å². The SMILES string of the molecule is COC(=O)CC[C@@H](C)[C@H]1CC[C@H]2[C@@H]3[C@H](O[Si](C)(C)C)C[C@H]4CCCC[C@]4(C)[C@H]3C[C@H](O[Si](C)(C)C)[C@]12C. The minimum absolute atomic E-state index is 0.0719. The van der Waals surface area contributed by atoms with E-state index in [2.05, 4.69) is 60.1 Å². The first-order valence-electron chi connectivity index (χ1n) is 15.5. The highest BCUT2D eigenvalue weighted by Gasteiger charge is 2.66. The topological polar surface area (TPSA) is 44.8 Å². The Hall–Kier alpha value is -0.176. The molecular weight excluding hydrogens is 493 g/mol. The third kappa shape index (κ3) is 5.83. The first kappa shape index (κ1) is 29.8. The van der Waals surface area contributed by atoms with E-state index in [9.17, 15) is 4.79 Å². The summed E-state index contributed by atoms with van der Waals surface area (Å²) < 4.78 is 19.4. The van der Waals surface area contributed by atoms with E-state index in [1.54, 1.807) is 0 Å². The maximum absolute atomic E-state index is 12.0. The predicted molar refractivity (Wildman–Crippen MR) is 157 cm³/mol. The van der Waals surface area contributed by atoms with Gasteiger partial charge < -0.3 is 13.6 Å². The van der Waals surface area contributed by atoms with Crippen LogP contribution in [-0.2, 0) is 18.4 Å². The lowest BCUT2D eigenvalue weighted by molar-refractivity contribution is -0.193. The second-order valence-corrected chi connectivity index (χ2v) is 24.8. The van der Waals surface area contributed by atoms with Crippen molar-refractivity contribution >= 4 is 22.6 Å². The van der Waals surface area contributed by atoms with Crippen LogP contribution in [0.5, 0.6) is 0 Å². The van der Waals surface area contributed by atoms with Crippen molar-refractivity contribution in [1.29, 1.82) is 0 Å². The molecule has 0 aromatic heterocycles. The molecule has 0 aliphatic heterocycles. The highest BCUT2D eigenvalue weighted by Crippen LogP contribution is 2.69. The number of carbonyl (C=O) groups is 1. The molecule has 0 heterocycles. The van der Waals surface area contributed by atoms with Crippen LogP contribution in [0.3, 0.4) is 0 Å². The Labute approximate surface area is 230 Å². The zero-order chi connectivity index (χ0) is 27.4. The summed E-state index contributed by atoms with van der Waals surface area (Å²) in [5.74, 6) is 3.82. The van der Waals surface area contributed by atoms with Gasteiger partial charge in [-0.2, -0.15) is 0 Å². The number of rotatable bonds is 8. The van der Waals surface area contributed by atoms with Gasteiger partial charge in [0.2, 0.25) is 0 Å². The molecule has 214 valence electrons. The average Bonchev–Trinajstić information content (AvgIpc) is 3.14. The van der Waals surface area contributed by atoms with Crippen LogP contribution in [0.4, 0.5) is 0 Å². The Bertz CT molecular complexity index is 819. The highest BCUT2D eigenvalue weighted by molar-refractivity contribution is 6.70. The molecule has 4 aliphatic rings. The summed E-state index contributed by atoms with van der Waals surface area (Å²) in [7, 11) is -1.89. The monoisotopic (exact) mass is 550 g/mol. The Balaban J connectivity index is 1.74. The number of carbonyl (C=O) groups excluding carboxylic acids is 1. The van der Waals surface area contributed by atoms with Crippen LogP contribution in [0, 0.1) is 46.3 Å². The molecule has 4 rings (SSSR count). The van der Waals surface area contributed by atoms with E-state index in [-0.39, 0.29) is 11.4 Å². The van der Waals surface area contributed by atoms with E-state index < -0.39 is 16.6 Å². The Morgan fingerprint density at radius 2 is 1.59 bits per heavy atom. The number of hydrogen-bond acceptors (Lipinski definition) is 4. The van der Waals surface area contributed by atoms with Crippen molar-refractivity contribution in [3.63, 3.8) is 0 Å². The molecule has 0 aromatic rings. The van der Waals surface area contributed by atoms with E-state index in [0.29, 0.717) is 53.6 Å². The van der Waals surface area contributed by atoms with E-state index in [1.807, 2.05) is 0 Å². The van der Waals surface area contributed by atoms with Crippen LogP contribution < -0.4 is 0 Å². The molecule has 0 radical (unpaired) electrons. The lowest BCUT2D eigenvalue weighted by atomic mass is 9.43. The fraction of sp³-hybridized carbons (Fsp3) is 0.968. The summed E-state index contributed by atoms with van der Waals surface area (Å²) in [6, 6.07) is 0. The van der Waals surface area contributed by atoms with Gasteiger partial charge in [0.05, 0.1) is 13.2 Å². The van der Waals surface area contributed by atoms with Crippen molar-refractivity contribution < 1.29 is 18.4 Å². The Morgan fingerprint density at radius 1 is 0.919 bits per heavy atom. The minimum atomic E-state index is -1.74. The van der Waals surface area contributed by atoms with Crippen molar-refractivity contribution in [2.24, 2.45) is 46.3 Å². The molecule has 0 amide bonds. The molecule has 4 nitrogen and oxygen atoms in total. The molecule has 37 heavy (non-hydrogen) atoms. The normalized spacial score (nSPS) is 42.9. The van der Waals surface area contributed by atoms with Gasteiger partial charge >= 0.3 is 5.97 Å². The summed E-state index contributed by atoms with van der Waals surface area (Å²) in [5, 5.41) is 0. The fourth-order valence-electron chi connectivity index (χ4n) is 9.96. The molecule has 0 saturated heterocycles. The van der Waals surface area contributed by atoms with Crippen LogP contribution >= 0.6 is 0 Å². The van der Waals surface area contributed by atoms with Gasteiger partial charge in [0, 0.05) is 12.5 Å². The molecular formula is C31H58O4Si2. The number of esters is 1. The molecule has 4 saturated carbocycles. The molecule has 6 heteroatoms. The summed E-state index contributed by atoms with van der Waals surface area (Å²) in [6.45, 7) is 22.0. The minimum Gasteiger partial charge on any atom is -0.469 e. The van der Waals surface area contributed by atoms with Crippen molar-refractivity contribution in [3.05, 3.63) is 0 Å². The number of methoxy groups -OCH3 is 1. The van der Waals surface area contributed by atoms with E-state index >= 15 is 0 Å². The van der Waals surface area contributed by atoms with Crippen LogP contribution in [0.2, 0.25) is 39.3 Å². The van der Waals surface area contributed by atoms with E-state index in [0.717, 1.165) is 12.3 Å². The van der Waals surface area contributed by atoms with Gasteiger partial charge in [0.15, 0.2) is 16.6 Å². The zero-order valence-electron chi connectivity index (χ0n) is 25.8. The molecule has 0 bridgehead atoms. The van der Waals surface area contributed by atoms with Gasteiger partial charge in [-0.25, -0.2) is 0 Å². The fourth-order valence-corrected chi connectivity index (χ4v) is 12.3. The smallest absolute Gasteiger partial charge is 0.305 e. The summed E-state index contributed by atoms with van der Waals surface area (Å²) >= 11 is 0. The molecule has 0 aromatic carbocycles. The number of hydrogen-bond donors (Lipinski definition) is 0. The molecule has 4 fully saturated rings. The molecule has 10 atom stereocenters. The molecule has 0 unspecified atom stereocenters. The molecule has 0 N–H and O–H groups in total. The Kier molecular flexibility index (Phi) is 8.59. The first-order chi connectivity index (χ1) is 17.1.